The normalized spacial score (nSPS) is 13.0. The van der Waals surface area contributed by atoms with Crippen molar-refractivity contribution in [3.8, 4) is 0 Å². The number of rotatable bonds is 7. The lowest BCUT2D eigenvalue weighted by molar-refractivity contribution is -0.123. The highest BCUT2D eigenvalue weighted by molar-refractivity contribution is 7.12. The highest BCUT2D eigenvalue weighted by atomic mass is 32.1. The zero-order valence-electron chi connectivity index (χ0n) is 16.2. The molecular weight excluding hydrogens is 372 g/mol. The second-order valence-electron chi connectivity index (χ2n) is 6.79. The number of benzene rings is 1. The van der Waals surface area contributed by atoms with Crippen molar-refractivity contribution in [3.05, 3.63) is 81.4 Å². The van der Waals surface area contributed by atoms with Gasteiger partial charge in [-0.1, -0.05) is 30.3 Å². The number of amides is 2. The predicted molar refractivity (Wildman–Crippen MR) is 110 cm³/mol. The molecule has 0 spiro atoms. The summed E-state index contributed by atoms with van der Waals surface area (Å²) in [5, 5.41) is 5.85. The Bertz CT molecular complexity index is 932. The van der Waals surface area contributed by atoms with Gasteiger partial charge < -0.3 is 15.1 Å². The molecule has 2 heterocycles. The summed E-state index contributed by atoms with van der Waals surface area (Å²) in [6.45, 7) is 6.06. The van der Waals surface area contributed by atoms with Gasteiger partial charge in [-0.15, -0.1) is 11.3 Å². The van der Waals surface area contributed by atoms with Crippen LogP contribution in [-0.4, -0.2) is 17.9 Å². The number of carbonyl (C=O) groups is 2. The van der Waals surface area contributed by atoms with Crippen LogP contribution in [-0.2, 0) is 11.2 Å². The summed E-state index contributed by atoms with van der Waals surface area (Å²) in [5.74, 6) is -0.445. The van der Waals surface area contributed by atoms with Crippen molar-refractivity contribution < 1.29 is 14.0 Å². The Kier molecular flexibility index (Phi) is 6.31. The van der Waals surface area contributed by atoms with Crippen molar-refractivity contribution >= 4 is 23.2 Å². The van der Waals surface area contributed by atoms with E-state index in [1.165, 1.54) is 16.0 Å². The van der Waals surface area contributed by atoms with E-state index in [0.29, 0.717) is 6.42 Å². The maximum atomic E-state index is 13.0. The van der Waals surface area contributed by atoms with Crippen molar-refractivity contribution in [2.45, 2.75) is 39.3 Å². The lowest BCUT2D eigenvalue weighted by Gasteiger charge is -2.21. The molecule has 146 valence electrons. The van der Waals surface area contributed by atoms with Crippen molar-refractivity contribution in [2.24, 2.45) is 0 Å². The van der Waals surface area contributed by atoms with E-state index in [4.69, 9.17) is 4.42 Å². The van der Waals surface area contributed by atoms with Gasteiger partial charge in [-0.25, -0.2) is 0 Å². The summed E-state index contributed by atoms with van der Waals surface area (Å²) in [4.78, 5) is 27.8. The maximum Gasteiger partial charge on any atom is 0.287 e. The average Bonchev–Trinajstić information content (AvgIpc) is 3.31. The SMILES string of the molecule is Cc1cc(C(C)NC(=O)C(Cc2ccccc2)NC(=O)c2ccco2)c(C)s1. The monoisotopic (exact) mass is 396 g/mol. The van der Waals surface area contributed by atoms with Crippen LogP contribution in [0, 0.1) is 13.8 Å². The molecule has 0 radical (unpaired) electrons. The minimum absolute atomic E-state index is 0.142. The van der Waals surface area contributed by atoms with Crippen LogP contribution in [0.5, 0.6) is 0 Å². The van der Waals surface area contributed by atoms with Crippen LogP contribution in [0.2, 0.25) is 0 Å². The van der Waals surface area contributed by atoms with Crippen LogP contribution in [0.3, 0.4) is 0 Å². The van der Waals surface area contributed by atoms with Gasteiger partial charge in [0, 0.05) is 16.2 Å². The molecule has 0 saturated heterocycles. The molecule has 28 heavy (non-hydrogen) atoms. The molecule has 0 fully saturated rings. The molecule has 2 atom stereocenters. The molecule has 0 aliphatic rings. The minimum atomic E-state index is -0.706. The summed E-state index contributed by atoms with van der Waals surface area (Å²) in [7, 11) is 0. The maximum absolute atomic E-state index is 13.0. The van der Waals surface area contributed by atoms with Crippen molar-refractivity contribution in [1.82, 2.24) is 10.6 Å². The van der Waals surface area contributed by atoms with Gasteiger partial charge in [0.15, 0.2) is 5.76 Å². The van der Waals surface area contributed by atoms with Gasteiger partial charge in [-0.2, -0.15) is 0 Å². The van der Waals surface area contributed by atoms with Crippen molar-refractivity contribution in [1.29, 1.82) is 0 Å². The van der Waals surface area contributed by atoms with E-state index in [1.807, 2.05) is 37.3 Å². The molecule has 2 unspecified atom stereocenters. The Morgan fingerprint density at radius 1 is 1.07 bits per heavy atom. The van der Waals surface area contributed by atoms with Gasteiger partial charge >= 0.3 is 0 Å². The minimum Gasteiger partial charge on any atom is -0.459 e. The first kappa shape index (κ1) is 19.9. The van der Waals surface area contributed by atoms with Crippen LogP contribution in [0.4, 0.5) is 0 Å². The van der Waals surface area contributed by atoms with Gasteiger partial charge in [-0.3, -0.25) is 9.59 Å². The third kappa shape index (κ3) is 4.89. The number of carbonyl (C=O) groups excluding carboxylic acids is 2. The van der Waals surface area contributed by atoms with E-state index in [0.717, 1.165) is 11.1 Å². The highest BCUT2D eigenvalue weighted by Crippen LogP contribution is 2.26. The van der Waals surface area contributed by atoms with Gasteiger partial charge in [0.2, 0.25) is 5.91 Å². The lowest BCUT2D eigenvalue weighted by atomic mass is 10.0. The average molecular weight is 397 g/mol. The predicted octanol–water partition coefficient (Wildman–Crippen LogP) is 4.18. The summed E-state index contributed by atoms with van der Waals surface area (Å²) in [6, 6.07) is 14.1. The molecule has 0 saturated carbocycles. The number of hydrogen-bond acceptors (Lipinski definition) is 4. The fourth-order valence-corrected chi connectivity index (χ4v) is 4.19. The Morgan fingerprint density at radius 3 is 2.43 bits per heavy atom. The zero-order valence-corrected chi connectivity index (χ0v) is 17.0. The van der Waals surface area contributed by atoms with Gasteiger partial charge in [0.05, 0.1) is 12.3 Å². The molecule has 3 aromatic rings. The Balaban J connectivity index is 1.75. The first-order valence-electron chi connectivity index (χ1n) is 9.19. The molecule has 2 N–H and O–H groups in total. The van der Waals surface area contributed by atoms with Crippen LogP contribution in [0.25, 0.3) is 0 Å². The van der Waals surface area contributed by atoms with E-state index in [9.17, 15) is 9.59 Å². The molecule has 2 amide bonds. The molecule has 5 nitrogen and oxygen atoms in total. The van der Waals surface area contributed by atoms with Crippen LogP contribution >= 0.6 is 11.3 Å². The Hall–Kier alpha value is -2.86. The Morgan fingerprint density at radius 2 is 1.82 bits per heavy atom. The molecule has 0 aliphatic carbocycles. The number of nitrogens with one attached hydrogen (secondary N) is 2. The van der Waals surface area contributed by atoms with Gasteiger partial charge in [-0.05, 0) is 50.1 Å². The van der Waals surface area contributed by atoms with E-state index >= 15 is 0 Å². The third-order valence-electron chi connectivity index (χ3n) is 4.55. The number of hydrogen-bond donors (Lipinski definition) is 2. The van der Waals surface area contributed by atoms with E-state index < -0.39 is 11.9 Å². The first-order valence-corrected chi connectivity index (χ1v) is 10.0. The fraction of sp³-hybridized carbons (Fsp3) is 0.273. The summed E-state index contributed by atoms with van der Waals surface area (Å²) in [5.41, 5.74) is 2.07. The van der Waals surface area contributed by atoms with Crippen LogP contribution in [0.1, 0.15) is 44.4 Å². The molecule has 3 rings (SSSR count). The van der Waals surface area contributed by atoms with Crippen LogP contribution < -0.4 is 10.6 Å². The zero-order chi connectivity index (χ0) is 20.1. The van der Waals surface area contributed by atoms with E-state index in [-0.39, 0.29) is 17.7 Å². The largest absolute Gasteiger partial charge is 0.459 e. The molecule has 0 bridgehead atoms. The smallest absolute Gasteiger partial charge is 0.287 e. The quantitative estimate of drug-likeness (QED) is 0.629. The molecular formula is C22H24N2O3S. The first-order chi connectivity index (χ1) is 13.4. The summed E-state index contributed by atoms with van der Waals surface area (Å²) >= 11 is 1.71. The van der Waals surface area contributed by atoms with Gasteiger partial charge in [0.25, 0.3) is 5.91 Å². The molecule has 2 aromatic heterocycles. The van der Waals surface area contributed by atoms with Crippen molar-refractivity contribution in [3.63, 3.8) is 0 Å². The number of aryl methyl sites for hydroxylation is 2. The topological polar surface area (TPSA) is 71.3 Å². The second-order valence-corrected chi connectivity index (χ2v) is 8.25. The molecule has 1 aromatic carbocycles. The van der Waals surface area contributed by atoms with E-state index in [1.54, 1.807) is 23.5 Å². The summed E-state index contributed by atoms with van der Waals surface area (Å²) < 4.78 is 5.15. The van der Waals surface area contributed by atoms with E-state index in [2.05, 4.69) is 30.5 Å². The standard InChI is InChI=1S/C22H24N2O3S/c1-14-12-18(16(3)28-14)15(2)23-21(25)19(13-17-8-5-4-6-9-17)24-22(26)20-10-7-11-27-20/h4-12,15,19H,13H2,1-3H3,(H,23,25)(H,24,26). The number of thiophene rings is 1. The second kappa shape index (κ2) is 8.89. The fourth-order valence-electron chi connectivity index (χ4n) is 3.17. The molecule has 6 heteroatoms. The highest BCUT2D eigenvalue weighted by Gasteiger charge is 2.25. The Labute approximate surface area is 168 Å². The number of furan rings is 1. The molecule has 0 aliphatic heterocycles. The lowest BCUT2D eigenvalue weighted by Crippen LogP contribution is -2.48. The van der Waals surface area contributed by atoms with Gasteiger partial charge in [0.1, 0.15) is 6.04 Å². The summed E-state index contributed by atoms with van der Waals surface area (Å²) in [6.07, 6.45) is 1.83. The van der Waals surface area contributed by atoms with Crippen LogP contribution in [0.15, 0.2) is 59.2 Å². The van der Waals surface area contributed by atoms with Crippen molar-refractivity contribution in [2.75, 3.05) is 0 Å². The third-order valence-corrected chi connectivity index (χ3v) is 5.54.